The lowest BCUT2D eigenvalue weighted by Gasteiger charge is -2.14. The van der Waals surface area contributed by atoms with Crippen LogP contribution >= 0.6 is 11.3 Å². The molecule has 0 aliphatic carbocycles. The first kappa shape index (κ1) is 17.9. The molecule has 0 spiro atoms. The number of rotatable bonds is 6. The number of benzene rings is 1. The summed E-state index contributed by atoms with van der Waals surface area (Å²) in [6.45, 7) is 3.98. The quantitative estimate of drug-likeness (QED) is 0.705. The fraction of sp³-hybridized carbons (Fsp3) is 0.375. The number of aromatic nitrogens is 4. The molecule has 0 fully saturated rings. The molecule has 2 heterocycles. The van der Waals surface area contributed by atoms with Crippen LogP contribution in [0.25, 0.3) is 4.96 Å². The minimum atomic E-state index is -0.357. The highest BCUT2D eigenvalue weighted by Crippen LogP contribution is 2.40. The second-order valence-corrected chi connectivity index (χ2v) is 6.64. The topological polar surface area (TPSA) is 99.9 Å². The predicted octanol–water partition coefficient (Wildman–Crippen LogP) is 2.59. The number of nitrogens with zero attached hydrogens (tertiary/aromatic N) is 4. The number of methoxy groups -OCH3 is 3. The van der Waals surface area contributed by atoms with Crippen molar-refractivity contribution < 1.29 is 19.0 Å². The molecular formula is C16H19N5O4S. The highest BCUT2D eigenvalue weighted by atomic mass is 32.1. The van der Waals surface area contributed by atoms with Crippen molar-refractivity contribution in [3.63, 3.8) is 0 Å². The number of ether oxygens (including phenoxy) is 3. The van der Waals surface area contributed by atoms with Crippen LogP contribution in [0.2, 0.25) is 0 Å². The van der Waals surface area contributed by atoms with Crippen molar-refractivity contribution >= 4 is 27.9 Å². The van der Waals surface area contributed by atoms with Crippen molar-refractivity contribution in [1.82, 2.24) is 19.8 Å². The number of carbonyl (C=O) groups excluding carboxylic acids is 1. The van der Waals surface area contributed by atoms with Crippen LogP contribution in [-0.4, -0.2) is 47.0 Å². The molecule has 1 N–H and O–H groups in total. The van der Waals surface area contributed by atoms with Gasteiger partial charge in [-0.05, 0) is 0 Å². The molecule has 26 heavy (non-hydrogen) atoms. The van der Waals surface area contributed by atoms with E-state index in [-0.39, 0.29) is 16.8 Å². The zero-order chi connectivity index (χ0) is 18.8. The maximum atomic E-state index is 12.6. The lowest BCUT2D eigenvalue weighted by Crippen LogP contribution is -2.13. The number of carbonyl (C=O) groups is 1. The van der Waals surface area contributed by atoms with E-state index in [1.165, 1.54) is 32.7 Å². The molecule has 0 aliphatic heterocycles. The van der Waals surface area contributed by atoms with E-state index in [1.807, 2.05) is 13.8 Å². The van der Waals surface area contributed by atoms with E-state index in [2.05, 4.69) is 20.6 Å². The number of anilines is 1. The van der Waals surface area contributed by atoms with E-state index in [4.69, 9.17) is 14.2 Å². The Morgan fingerprint density at radius 2 is 1.77 bits per heavy atom. The van der Waals surface area contributed by atoms with Crippen molar-refractivity contribution in [2.24, 2.45) is 0 Å². The van der Waals surface area contributed by atoms with Gasteiger partial charge in [0.1, 0.15) is 0 Å². The summed E-state index contributed by atoms with van der Waals surface area (Å²) < 4.78 is 17.5. The molecule has 0 aliphatic rings. The van der Waals surface area contributed by atoms with Gasteiger partial charge in [0.2, 0.25) is 15.7 Å². The maximum Gasteiger partial charge on any atom is 0.286 e. The van der Waals surface area contributed by atoms with Crippen LogP contribution in [0.1, 0.15) is 35.4 Å². The molecule has 0 saturated carbocycles. The van der Waals surface area contributed by atoms with Gasteiger partial charge in [0.15, 0.2) is 17.3 Å². The molecule has 3 rings (SSSR count). The van der Waals surface area contributed by atoms with E-state index < -0.39 is 0 Å². The summed E-state index contributed by atoms with van der Waals surface area (Å²) in [6.07, 6.45) is 0. The standard InChI is InChI=1S/C16H19N5O4S/c1-8(2)13-18-19-16-21(13)20-15(26-16)14(22)17-9-6-10(23-3)12(25-5)11(7-9)24-4/h6-8H,1-5H3,(H,17,22). The van der Waals surface area contributed by atoms with Crippen LogP contribution in [0.3, 0.4) is 0 Å². The van der Waals surface area contributed by atoms with Gasteiger partial charge in [-0.25, -0.2) is 0 Å². The molecule has 0 radical (unpaired) electrons. The molecule has 1 amide bonds. The third kappa shape index (κ3) is 3.15. The van der Waals surface area contributed by atoms with Gasteiger partial charge in [0, 0.05) is 23.7 Å². The molecule has 9 nitrogen and oxygen atoms in total. The van der Waals surface area contributed by atoms with Gasteiger partial charge < -0.3 is 19.5 Å². The maximum absolute atomic E-state index is 12.6. The van der Waals surface area contributed by atoms with Crippen molar-refractivity contribution in [3.05, 3.63) is 23.0 Å². The number of amides is 1. The van der Waals surface area contributed by atoms with Gasteiger partial charge in [-0.1, -0.05) is 25.2 Å². The molecule has 10 heteroatoms. The van der Waals surface area contributed by atoms with E-state index in [9.17, 15) is 4.79 Å². The van der Waals surface area contributed by atoms with Gasteiger partial charge in [0.25, 0.3) is 5.91 Å². The number of nitrogens with one attached hydrogen (secondary N) is 1. The Labute approximate surface area is 153 Å². The fourth-order valence-corrected chi connectivity index (χ4v) is 3.16. The molecule has 1 aromatic carbocycles. The van der Waals surface area contributed by atoms with Gasteiger partial charge in [-0.2, -0.15) is 4.52 Å². The van der Waals surface area contributed by atoms with Gasteiger partial charge in [-0.15, -0.1) is 15.3 Å². The predicted molar refractivity (Wildman–Crippen MR) is 96.8 cm³/mol. The third-order valence-electron chi connectivity index (χ3n) is 3.65. The average Bonchev–Trinajstić information content (AvgIpc) is 3.21. The number of fused-ring (bicyclic) bond motifs is 1. The molecule has 2 aromatic heterocycles. The van der Waals surface area contributed by atoms with Crippen LogP contribution in [0, 0.1) is 0 Å². The van der Waals surface area contributed by atoms with Crippen LogP contribution in [-0.2, 0) is 0 Å². The largest absolute Gasteiger partial charge is 0.493 e. The van der Waals surface area contributed by atoms with Gasteiger partial charge >= 0.3 is 0 Å². The fourth-order valence-electron chi connectivity index (χ4n) is 2.42. The van der Waals surface area contributed by atoms with Crippen molar-refractivity contribution in [1.29, 1.82) is 0 Å². The summed E-state index contributed by atoms with van der Waals surface area (Å²) in [5, 5.41) is 15.5. The number of hydrogen-bond acceptors (Lipinski definition) is 8. The van der Waals surface area contributed by atoms with E-state index in [0.29, 0.717) is 33.7 Å². The Morgan fingerprint density at radius 3 is 2.31 bits per heavy atom. The summed E-state index contributed by atoms with van der Waals surface area (Å²) >= 11 is 1.17. The van der Waals surface area contributed by atoms with E-state index in [1.54, 1.807) is 16.6 Å². The molecular weight excluding hydrogens is 358 g/mol. The highest BCUT2D eigenvalue weighted by Gasteiger charge is 2.20. The minimum absolute atomic E-state index is 0.151. The first-order valence-electron chi connectivity index (χ1n) is 7.82. The minimum Gasteiger partial charge on any atom is -0.493 e. The van der Waals surface area contributed by atoms with Crippen LogP contribution in [0.15, 0.2) is 12.1 Å². The highest BCUT2D eigenvalue weighted by molar-refractivity contribution is 7.18. The Hall–Kier alpha value is -2.88. The van der Waals surface area contributed by atoms with Crippen molar-refractivity contribution in [2.45, 2.75) is 19.8 Å². The summed E-state index contributed by atoms with van der Waals surface area (Å²) in [5.74, 6) is 1.85. The molecule has 0 atom stereocenters. The smallest absolute Gasteiger partial charge is 0.286 e. The van der Waals surface area contributed by atoms with Crippen LogP contribution in [0.5, 0.6) is 17.2 Å². The van der Waals surface area contributed by atoms with Crippen molar-refractivity contribution in [3.8, 4) is 17.2 Å². The van der Waals surface area contributed by atoms with Crippen LogP contribution in [0.4, 0.5) is 5.69 Å². The zero-order valence-electron chi connectivity index (χ0n) is 15.1. The number of hydrogen-bond donors (Lipinski definition) is 1. The normalized spacial score (nSPS) is 11.0. The summed E-state index contributed by atoms with van der Waals surface area (Å²) in [6, 6.07) is 3.30. The van der Waals surface area contributed by atoms with E-state index in [0.717, 1.165) is 0 Å². The zero-order valence-corrected chi connectivity index (χ0v) is 15.9. The molecule has 138 valence electrons. The molecule has 0 saturated heterocycles. The van der Waals surface area contributed by atoms with Crippen molar-refractivity contribution in [2.75, 3.05) is 26.6 Å². The van der Waals surface area contributed by atoms with Gasteiger partial charge in [0.05, 0.1) is 21.3 Å². The lowest BCUT2D eigenvalue weighted by molar-refractivity contribution is 0.102. The Kier molecular flexibility index (Phi) is 4.94. The Morgan fingerprint density at radius 1 is 1.12 bits per heavy atom. The van der Waals surface area contributed by atoms with E-state index >= 15 is 0 Å². The average molecular weight is 377 g/mol. The summed E-state index contributed by atoms with van der Waals surface area (Å²) in [5.41, 5.74) is 0.500. The second kappa shape index (κ2) is 7.16. The molecule has 0 unspecified atom stereocenters. The SMILES string of the molecule is COc1cc(NC(=O)c2nn3c(C(C)C)nnc3s2)cc(OC)c1OC. The first-order valence-corrected chi connectivity index (χ1v) is 8.63. The molecule has 3 aromatic rings. The Balaban J connectivity index is 1.90. The molecule has 0 bridgehead atoms. The lowest BCUT2D eigenvalue weighted by atomic mass is 10.2. The summed E-state index contributed by atoms with van der Waals surface area (Å²) in [4.78, 5) is 13.2. The first-order chi connectivity index (χ1) is 12.5. The summed E-state index contributed by atoms with van der Waals surface area (Å²) in [7, 11) is 4.54. The Bertz CT molecular complexity index is 924. The third-order valence-corrected chi connectivity index (χ3v) is 4.55. The second-order valence-electron chi connectivity index (χ2n) is 5.68. The monoisotopic (exact) mass is 377 g/mol. The van der Waals surface area contributed by atoms with Gasteiger partial charge in [-0.3, -0.25) is 4.79 Å². The van der Waals surface area contributed by atoms with Crippen LogP contribution < -0.4 is 19.5 Å².